The number of benzene rings is 2. The zero-order chi connectivity index (χ0) is 22.5. The van der Waals surface area contributed by atoms with Crippen LogP contribution in [0.2, 0.25) is 0 Å². The van der Waals surface area contributed by atoms with Crippen molar-refractivity contribution in [1.82, 2.24) is 9.97 Å². The van der Waals surface area contributed by atoms with Crippen LogP contribution in [-0.4, -0.2) is 24.3 Å². The van der Waals surface area contributed by atoms with Crippen molar-refractivity contribution < 1.29 is 13.2 Å². The number of sulfonamides is 1. The Morgan fingerprint density at radius 3 is 2.13 bits per heavy atom. The number of nitrogens with one attached hydrogen (secondary N) is 2. The fraction of sp³-hybridized carbons (Fsp3) is 0.261. The molecule has 0 saturated heterocycles. The van der Waals surface area contributed by atoms with E-state index in [1.54, 1.807) is 18.2 Å². The summed E-state index contributed by atoms with van der Waals surface area (Å²) in [5, 5.41) is 2.80. The Bertz CT molecular complexity index is 1120. The monoisotopic (exact) mass is 438 g/mol. The number of aromatic nitrogens is 2. The maximum atomic E-state index is 12.4. The molecule has 0 spiro atoms. The molecule has 162 valence electrons. The number of nitrogens with zero attached hydrogens (tertiary/aromatic N) is 2. The van der Waals surface area contributed by atoms with Crippen LogP contribution in [0.3, 0.4) is 0 Å². The number of carbonyl (C=O) groups is 1. The second kappa shape index (κ2) is 9.26. The van der Waals surface area contributed by atoms with Crippen molar-refractivity contribution in [2.45, 2.75) is 43.9 Å². The van der Waals surface area contributed by atoms with Gasteiger partial charge in [0.05, 0.1) is 4.90 Å². The van der Waals surface area contributed by atoms with Gasteiger partial charge in [-0.05, 0) is 53.3 Å². The van der Waals surface area contributed by atoms with Gasteiger partial charge in [-0.2, -0.15) is 0 Å². The van der Waals surface area contributed by atoms with E-state index in [-0.39, 0.29) is 22.2 Å². The molecule has 2 aromatic carbocycles. The first-order valence-corrected chi connectivity index (χ1v) is 11.4. The Morgan fingerprint density at radius 1 is 0.935 bits per heavy atom. The van der Waals surface area contributed by atoms with E-state index in [0.29, 0.717) is 18.5 Å². The quantitative estimate of drug-likeness (QED) is 0.577. The summed E-state index contributed by atoms with van der Waals surface area (Å²) in [5.41, 5.74) is 2.98. The van der Waals surface area contributed by atoms with Gasteiger partial charge in [0.2, 0.25) is 11.9 Å². The number of hydrogen-bond donors (Lipinski definition) is 2. The number of hydrogen-bond acceptors (Lipinski definition) is 5. The molecule has 0 unspecified atom stereocenters. The van der Waals surface area contributed by atoms with Crippen molar-refractivity contribution in [1.29, 1.82) is 0 Å². The molecule has 31 heavy (non-hydrogen) atoms. The average Bonchev–Trinajstić information content (AvgIpc) is 2.73. The van der Waals surface area contributed by atoms with Crippen molar-refractivity contribution in [2.75, 3.05) is 10.0 Å². The van der Waals surface area contributed by atoms with Gasteiger partial charge in [0, 0.05) is 24.5 Å². The van der Waals surface area contributed by atoms with Crippen molar-refractivity contribution in [3.8, 4) is 0 Å². The molecule has 0 saturated carbocycles. The summed E-state index contributed by atoms with van der Waals surface area (Å²) >= 11 is 0. The smallest absolute Gasteiger partial charge is 0.264 e. The molecular formula is C23H26N4O3S. The Morgan fingerprint density at radius 2 is 1.55 bits per heavy atom. The number of anilines is 2. The van der Waals surface area contributed by atoms with E-state index in [9.17, 15) is 13.2 Å². The Balaban J connectivity index is 1.55. The van der Waals surface area contributed by atoms with Crippen LogP contribution in [-0.2, 0) is 26.7 Å². The standard InChI is InChI=1S/C23H26N4O3S/c1-23(2,3)18-8-5-17(6-9-18)7-14-21(28)26-19-10-12-20(13-11-19)31(29,30)27-22-24-15-4-16-25-22/h4-6,8-13,15-16H,7,14H2,1-3H3,(H,26,28)(H,24,25,27). The zero-order valence-electron chi connectivity index (χ0n) is 17.8. The highest BCUT2D eigenvalue weighted by atomic mass is 32.2. The molecule has 3 aromatic rings. The van der Waals surface area contributed by atoms with Gasteiger partial charge in [-0.15, -0.1) is 0 Å². The second-order valence-corrected chi connectivity index (χ2v) is 9.88. The van der Waals surface area contributed by atoms with Crippen LogP contribution in [0.15, 0.2) is 71.9 Å². The molecule has 0 radical (unpaired) electrons. The van der Waals surface area contributed by atoms with Gasteiger partial charge in [-0.3, -0.25) is 4.79 Å². The minimum Gasteiger partial charge on any atom is -0.326 e. The highest BCUT2D eigenvalue weighted by Gasteiger charge is 2.16. The number of rotatable bonds is 7. The van der Waals surface area contributed by atoms with Crippen LogP contribution in [0.5, 0.6) is 0 Å². The molecule has 7 nitrogen and oxygen atoms in total. The molecule has 3 rings (SSSR count). The van der Waals surface area contributed by atoms with Crippen LogP contribution in [0.4, 0.5) is 11.6 Å². The van der Waals surface area contributed by atoms with E-state index in [2.05, 4.69) is 65.0 Å². The van der Waals surface area contributed by atoms with Crippen molar-refractivity contribution in [3.63, 3.8) is 0 Å². The molecule has 0 aliphatic rings. The first-order chi connectivity index (χ1) is 14.6. The van der Waals surface area contributed by atoms with Gasteiger partial charge in [0.1, 0.15) is 0 Å². The summed E-state index contributed by atoms with van der Waals surface area (Å²) in [6.45, 7) is 6.49. The van der Waals surface area contributed by atoms with Gasteiger partial charge in [-0.1, -0.05) is 45.0 Å². The third-order valence-corrected chi connectivity index (χ3v) is 6.04. The lowest BCUT2D eigenvalue weighted by Gasteiger charge is -2.19. The van der Waals surface area contributed by atoms with Crippen LogP contribution < -0.4 is 10.0 Å². The molecule has 2 N–H and O–H groups in total. The Labute approximate surface area is 183 Å². The van der Waals surface area contributed by atoms with Crippen LogP contribution in [0, 0.1) is 0 Å². The van der Waals surface area contributed by atoms with E-state index in [1.165, 1.54) is 30.1 Å². The normalized spacial score (nSPS) is 11.7. The molecule has 0 aliphatic carbocycles. The van der Waals surface area contributed by atoms with Crippen molar-refractivity contribution in [3.05, 3.63) is 78.1 Å². The van der Waals surface area contributed by atoms with Gasteiger partial charge >= 0.3 is 0 Å². The van der Waals surface area contributed by atoms with Crippen LogP contribution in [0.1, 0.15) is 38.3 Å². The molecule has 0 bridgehead atoms. The zero-order valence-corrected chi connectivity index (χ0v) is 18.6. The van der Waals surface area contributed by atoms with Gasteiger partial charge in [0.25, 0.3) is 10.0 Å². The van der Waals surface area contributed by atoms with Crippen LogP contribution >= 0.6 is 0 Å². The Hall–Kier alpha value is -3.26. The predicted molar refractivity (Wildman–Crippen MR) is 121 cm³/mol. The molecule has 0 fully saturated rings. The third-order valence-electron chi connectivity index (χ3n) is 4.70. The number of carbonyl (C=O) groups excluding carboxylic acids is 1. The van der Waals surface area contributed by atoms with E-state index < -0.39 is 10.0 Å². The minimum atomic E-state index is -3.81. The molecule has 1 amide bonds. The maximum Gasteiger partial charge on any atom is 0.264 e. The van der Waals surface area contributed by atoms with Gasteiger partial charge < -0.3 is 5.32 Å². The highest BCUT2D eigenvalue weighted by Crippen LogP contribution is 2.22. The van der Waals surface area contributed by atoms with Crippen molar-refractivity contribution >= 4 is 27.6 Å². The fourth-order valence-electron chi connectivity index (χ4n) is 2.90. The first kappa shape index (κ1) is 22.4. The highest BCUT2D eigenvalue weighted by molar-refractivity contribution is 7.92. The molecule has 0 aliphatic heterocycles. The SMILES string of the molecule is CC(C)(C)c1ccc(CCC(=O)Nc2ccc(S(=O)(=O)Nc3ncccn3)cc2)cc1. The molecule has 1 aromatic heterocycles. The minimum absolute atomic E-state index is 0.00425. The summed E-state index contributed by atoms with van der Waals surface area (Å²) in [6, 6.07) is 15.8. The predicted octanol–water partition coefficient (Wildman–Crippen LogP) is 4.15. The van der Waals surface area contributed by atoms with E-state index >= 15 is 0 Å². The van der Waals surface area contributed by atoms with E-state index in [4.69, 9.17) is 0 Å². The second-order valence-electron chi connectivity index (χ2n) is 8.20. The number of amides is 1. The topological polar surface area (TPSA) is 101 Å². The maximum absolute atomic E-state index is 12.4. The van der Waals surface area contributed by atoms with Gasteiger partial charge in [-0.25, -0.2) is 23.1 Å². The molecular weight excluding hydrogens is 412 g/mol. The molecule has 8 heteroatoms. The Kier molecular flexibility index (Phi) is 6.70. The molecule has 0 atom stereocenters. The summed E-state index contributed by atoms with van der Waals surface area (Å²) in [7, 11) is -3.81. The first-order valence-electron chi connectivity index (χ1n) is 9.93. The summed E-state index contributed by atoms with van der Waals surface area (Å²) in [6.07, 6.45) is 3.86. The lowest BCUT2D eigenvalue weighted by Crippen LogP contribution is -2.15. The number of aryl methyl sites for hydroxylation is 1. The summed E-state index contributed by atoms with van der Waals surface area (Å²) < 4.78 is 27.1. The third kappa shape index (κ3) is 6.36. The average molecular weight is 439 g/mol. The van der Waals surface area contributed by atoms with Crippen LogP contribution in [0.25, 0.3) is 0 Å². The molecule has 1 heterocycles. The lowest BCUT2D eigenvalue weighted by molar-refractivity contribution is -0.116. The van der Waals surface area contributed by atoms with E-state index in [1.807, 2.05) is 0 Å². The largest absolute Gasteiger partial charge is 0.326 e. The van der Waals surface area contributed by atoms with E-state index in [0.717, 1.165) is 5.56 Å². The fourth-order valence-corrected chi connectivity index (χ4v) is 3.86. The van der Waals surface area contributed by atoms with Crippen molar-refractivity contribution in [2.24, 2.45) is 0 Å². The summed E-state index contributed by atoms with van der Waals surface area (Å²) in [4.78, 5) is 20.0. The summed E-state index contributed by atoms with van der Waals surface area (Å²) in [5.74, 6) is -0.137. The lowest BCUT2D eigenvalue weighted by atomic mass is 9.86. The van der Waals surface area contributed by atoms with Gasteiger partial charge in [0.15, 0.2) is 0 Å².